The molecule has 1 aliphatic heterocycles. The van der Waals surface area contributed by atoms with Crippen LogP contribution in [0, 0.1) is 11.7 Å². The lowest BCUT2D eigenvalue weighted by molar-refractivity contribution is -0.139. The van der Waals surface area contributed by atoms with Crippen LogP contribution in [0.1, 0.15) is 71.1 Å². The maximum absolute atomic E-state index is 14.7. The molecule has 2 heterocycles. The Morgan fingerprint density at radius 2 is 1.64 bits per heavy atom. The number of rotatable bonds is 26. The highest BCUT2D eigenvalue weighted by molar-refractivity contribution is 7.46. The summed E-state index contributed by atoms with van der Waals surface area (Å²) in [6, 6.07) is 6.18. The zero-order valence-electron chi connectivity index (χ0n) is 37.6. The number of para-hydroxylation sites is 1. The summed E-state index contributed by atoms with van der Waals surface area (Å²) in [6.07, 6.45) is 4.39. The van der Waals surface area contributed by atoms with Crippen LogP contribution in [0.2, 0.25) is 0 Å². The summed E-state index contributed by atoms with van der Waals surface area (Å²) in [4.78, 5) is 109. The summed E-state index contributed by atoms with van der Waals surface area (Å²) in [5.41, 5.74) is 5.88. The number of aryl methyl sites for hydroxylation is 1. The SMILES string of the molecule is CC(=O)N1CCC[C@H]1C(=O)N[C@@H](CC(C)C)C(=O)N[C@@H](Cc1cncn1CCCCO/N=C\c1c(F)cccc1Oc1ccccc1)C(=O)N[C@@H](CO)C(=O)N[C@H](C(N)=O)[C@@H](C)OP(=O)(O)O. The van der Waals surface area contributed by atoms with Crippen LogP contribution in [-0.2, 0) is 55.7 Å². The minimum atomic E-state index is -5.14. The Kier molecular flexibility index (Phi) is 20.4. The highest BCUT2D eigenvalue weighted by Gasteiger charge is 2.37. The van der Waals surface area contributed by atoms with Crippen LogP contribution in [0.15, 0.2) is 66.2 Å². The van der Waals surface area contributed by atoms with E-state index in [9.17, 15) is 52.6 Å². The molecule has 1 fully saturated rings. The zero-order valence-corrected chi connectivity index (χ0v) is 38.5. The van der Waals surface area contributed by atoms with Gasteiger partial charge in [0.2, 0.25) is 35.4 Å². The average molecular weight is 960 g/mol. The van der Waals surface area contributed by atoms with Gasteiger partial charge in [0.15, 0.2) is 0 Å². The second-order valence-corrected chi connectivity index (χ2v) is 17.4. The number of halogens is 1. The van der Waals surface area contributed by atoms with Crippen molar-refractivity contribution in [3.05, 3.63) is 78.1 Å². The quantitative estimate of drug-likeness (QED) is 0.0243. The molecule has 67 heavy (non-hydrogen) atoms. The van der Waals surface area contributed by atoms with Crippen LogP contribution in [0.4, 0.5) is 4.39 Å². The number of imidazole rings is 1. The fourth-order valence-corrected chi connectivity index (χ4v) is 7.71. The summed E-state index contributed by atoms with van der Waals surface area (Å²) in [7, 11) is -5.14. The molecule has 0 bridgehead atoms. The van der Waals surface area contributed by atoms with Crippen molar-refractivity contribution in [1.29, 1.82) is 0 Å². The standard InChI is InChI=1S/C43H59FN9O13P/c1-26(2)20-33(49-43(60)36-15-11-18-53(36)28(4)55)40(57)48-34(41(58)50-35(24-54)42(59)51-38(39(45)56)27(3)66-67(61,62)63)21-29-22-46-25-52(29)17-8-9-19-64-47-23-31-32(44)14-10-16-37(31)65-30-12-6-5-7-13-30/h5-7,10,12-14,16,22-23,25-27,33-36,38,54H,8-9,11,15,17-21,24H2,1-4H3,(H2,45,56)(H,48,57)(H,49,60)(H,50,58)(H,51,59)(H2,61,62,63)/b47-23-/t27-,33+,34+,35+,36+,38+/m1/s1. The summed E-state index contributed by atoms with van der Waals surface area (Å²) in [5.74, 6) is -4.97. The number of hydrogen-bond acceptors (Lipinski definition) is 13. The summed E-state index contributed by atoms with van der Waals surface area (Å²) in [5, 5.41) is 24.0. The van der Waals surface area contributed by atoms with E-state index in [2.05, 4.69) is 35.9 Å². The van der Waals surface area contributed by atoms with Gasteiger partial charge in [0, 0.05) is 38.3 Å². The number of phosphoric acid groups is 1. The molecule has 6 atom stereocenters. The third kappa shape index (κ3) is 16.8. The summed E-state index contributed by atoms with van der Waals surface area (Å²) >= 11 is 0. The first-order valence-corrected chi connectivity index (χ1v) is 23.1. The van der Waals surface area contributed by atoms with Gasteiger partial charge in [-0.2, -0.15) is 0 Å². The molecule has 0 unspecified atom stereocenters. The lowest BCUT2D eigenvalue weighted by Gasteiger charge is -2.28. The van der Waals surface area contributed by atoms with E-state index in [0.717, 1.165) is 6.92 Å². The van der Waals surface area contributed by atoms with Crippen LogP contribution in [-0.4, -0.2) is 127 Å². The molecule has 0 aliphatic carbocycles. The predicted molar refractivity (Wildman–Crippen MR) is 238 cm³/mol. The number of primary amides is 1. The number of amides is 6. The molecule has 3 aromatic rings. The van der Waals surface area contributed by atoms with Gasteiger partial charge < -0.3 is 60.9 Å². The number of nitrogens with one attached hydrogen (secondary N) is 4. The van der Waals surface area contributed by atoms with E-state index in [1.807, 2.05) is 19.9 Å². The van der Waals surface area contributed by atoms with Gasteiger partial charge in [0.05, 0.1) is 30.8 Å². The van der Waals surface area contributed by atoms with E-state index in [0.29, 0.717) is 50.2 Å². The molecule has 1 saturated heterocycles. The normalized spacial score (nSPS) is 16.1. The van der Waals surface area contributed by atoms with E-state index in [4.69, 9.17) is 15.3 Å². The number of aromatic nitrogens is 2. The Balaban J connectivity index is 1.48. The smallest absolute Gasteiger partial charge is 0.457 e. The molecule has 6 amide bonds. The zero-order chi connectivity index (χ0) is 49.3. The Morgan fingerprint density at radius 1 is 0.955 bits per heavy atom. The highest BCUT2D eigenvalue weighted by Crippen LogP contribution is 2.38. The Hall–Kier alpha value is -6.26. The van der Waals surface area contributed by atoms with Gasteiger partial charge in [-0.05, 0) is 69.2 Å². The molecule has 22 nitrogen and oxygen atoms in total. The van der Waals surface area contributed by atoms with Crippen molar-refractivity contribution in [3.63, 3.8) is 0 Å². The van der Waals surface area contributed by atoms with Gasteiger partial charge in [0.25, 0.3) is 0 Å². The number of phosphoric ester groups is 1. The fourth-order valence-electron chi connectivity index (χ4n) is 7.15. The van der Waals surface area contributed by atoms with Gasteiger partial charge in [-0.1, -0.05) is 43.3 Å². The highest BCUT2D eigenvalue weighted by atomic mass is 31.2. The van der Waals surface area contributed by atoms with E-state index < -0.39 is 86.1 Å². The van der Waals surface area contributed by atoms with Crippen molar-refractivity contribution in [2.75, 3.05) is 19.8 Å². The van der Waals surface area contributed by atoms with Gasteiger partial charge in [-0.25, -0.2) is 13.9 Å². The molecule has 9 N–H and O–H groups in total. The van der Waals surface area contributed by atoms with Crippen molar-refractivity contribution < 1.29 is 66.7 Å². The van der Waals surface area contributed by atoms with Gasteiger partial charge >= 0.3 is 7.82 Å². The van der Waals surface area contributed by atoms with Crippen LogP contribution >= 0.6 is 7.82 Å². The molecule has 0 radical (unpaired) electrons. The number of aliphatic hydroxyl groups is 1. The van der Waals surface area contributed by atoms with Gasteiger partial charge in [0.1, 0.15) is 54.1 Å². The summed E-state index contributed by atoms with van der Waals surface area (Å²) < 4.78 is 38.1. The number of likely N-dealkylation sites (tertiary alicyclic amines) is 1. The maximum atomic E-state index is 14.7. The lowest BCUT2D eigenvalue weighted by Crippen LogP contribution is -2.61. The summed E-state index contributed by atoms with van der Waals surface area (Å²) in [6.45, 7) is 5.87. The van der Waals surface area contributed by atoms with Crippen LogP contribution in [0.3, 0.4) is 0 Å². The second kappa shape index (κ2) is 25.6. The Bertz CT molecular complexity index is 2240. The Morgan fingerprint density at radius 3 is 2.30 bits per heavy atom. The minimum Gasteiger partial charge on any atom is -0.457 e. The van der Waals surface area contributed by atoms with Crippen molar-refractivity contribution >= 4 is 49.5 Å². The van der Waals surface area contributed by atoms with Crippen LogP contribution in [0.5, 0.6) is 11.5 Å². The number of nitrogens with two attached hydrogens (primary N) is 1. The third-order valence-electron chi connectivity index (χ3n) is 10.5. The number of nitrogens with zero attached hydrogens (tertiary/aromatic N) is 4. The largest absolute Gasteiger partial charge is 0.469 e. The van der Waals surface area contributed by atoms with Gasteiger partial charge in [-0.15, -0.1) is 0 Å². The molecule has 2 aromatic carbocycles. The molecule has 4 rings (SSSR count). The third-order valence-corrected chi connectivity index (χ3v) is 11.1. The number of benzene rings is 2. The average Bonchev–Trinajstić information content (AvgIpc) is 3.94. The first-order valence-electron chi connectivity index (χ1n) is 21.6. The van der Waals surface area contributed by atoms with Crippen LogP contribution < -0.4 is 31.7 Å². The second-order valence-electron chi connectivity index (χ2n) is 16.2. The molecule has 0 saturated carbocycles. The van der Waals surface area contributed by atoms with Crippen LogP contribution in [0.25, 0.3) is 0 Å². The fraction of sp³-hybridized carbons (Fsp3) is 0.488. The number of carbonyl (C=O) groups is 6. The minimum absolute atomic E-state index is 0.0922. The van der Waals surface area contributed by atoms with Crippen molar-refractivity contribution in [3.8, 4) is 11.5 Å². The maximum Gasteiger partial charge on any atom is 0.469 e. The first kappa shape index (κ1) is 53.4. The number of ether oxygens (including phenoxy) is 1. The molecular weight excluding hydrogens is 900 g/mol. The lowest BCUT2D eigenvalue weighted by atomic mass is 10.0. The molecule has 1 aliphatic rings. The van der Waals surface area contributed by atoms with Crippen molar-refractivity contribution in [2.24, 2.45) is 16.8 Å². The van der Waals surface area contributed by atoms with Gasteiger partial charge in [-0.3, -0.25) is 33.3 Å². The predicted octanol–water partition coefficient (Wildman–Crippen LogP) is 1.16. The molecule has 1 aromatic heterocycles. The number of aliphatic hydroxyl groups excluding tert-OH is 1. The first-order chi connectivity index (χ1) is 31.8. The molecule has 0 spiro atoms. The van der Waals surface area contributed by atoms with E-state index >= 15 is 0 Å². The van der Waals surface area contributed by atoms with E-state index in [1.165, 1.54) is 42.7 Å². The van der Waals surface area contributed by atoms with Crippen molar-refractivity contribution in [2.45, 2.75) is 109 Å². The molecule has 24 heteroatoms. The number of oxime groups is 1. The van der Waals surface area contributed by atoms with E-state index in [1.54, 1.807) is 34.9 Å². The van der Waals surface area contributed by atoms with E-state index in [-0.39, 0.29) is 42.6 Å². The van der Waals surface area contributed by atoms with Crippen molar-refractivity contribution in [1.82, 2.24) is 35.7 Å². The topological polar surface area (TPSA) is 315 Å². The number of hydrogen-bond donors (Lipinski definition) is 8. The monoisotopic (exact) mass is 959 g/mol. The number of carbonyl (C=O) groups excluding carboxylic acids is 6. The number of unbranched alkanes of at least 4 members (excludes halogenated alkanes) is 1. The molecular formula is C43H59FN9O13P. The Labute approximate surface area is 386 Å². The molecule has 366 valence electrons.